The number of rotatable bonds is 5. The Morgan fingerprint density at radius 3 is 2.53 bits per heavy atom. The number of aromatic nitrogens is 2. The number of hydrogen-bond donors (Lipinski definition) is 1. The van der Waals surface area contributed by atoms with Crippen molar-refractivity contribution in [2.45, 2.75) is 19.5 Å². The first kappa shape index (κ1) is 21.9. The van der Waals surface area contributed by atoms with Crippen molar-refractivity contribution in [3.8, 4) is 11.4 Å². The van der Waals surface area contributed by atoms with Crippen LogP contribution < -0.4 is 5.32 Å². The third-order valence-electron chi connectivity index (χ3n) is 5.75. The highest BCUT2D eigenvalue weighted by molar-refractivity contribution is 7.80. The zero-order valence-corrected chi connectivity index (χ0v) is 19.0. The summed E-state index contributed by atoms with van der Waals surface area (Å²) in [6.07, 6.45) is 0. The molecule has 3 aromatic carbocycles. The van der Waals surface area contributed by atoms with E-state index in [2.05, 4.69) is 15.5 Å². The first-order valence-corrected chi connectivity index (χ1v) is 11.1. The monoisotopic (exact) mass is 474 g/mol. The van der Waals surface area contributed by atoms with Crippen molar-refractivity contribution in [3.63, 3.8) is 0 Å². The van der Waals surface area contributed by atoms with Crippen molar-refractivity contribution in [2.75, 3.05) is 0 Å². The van der Waals surface area contributed by atoms with Crippen LogP contribution in [0.1, 0.15) is 30.0 Å². The maximum atomic E-state index is 14.4. The number of hydrogen-bond acceptors (Lipinski definition) is 4. The van der Waals surface area contributed by atoms with E-state index in [0.717, 1.165) is 11.3 Å². The fourth-order valence-corrected chi connectivity index (χ4v) is 4.34. The van der Waals surface area contributed by atoms with Crippen molar-refractivity contribution in [1.82, 2.24) is 20.4 Å². The van der Waals surface area contributed by atoms with Crippen LogP contribution in [0.4, 0.5) is 8.78 Å². The molecule has 2 heterocycles. The summed E-state index contributed by atoms with van der Waals surface area (Å²) in [4.78, 5) is 6.38. The zero-order valence-electron chi connectivity index (χ0n) is 18.2. The Balaban J connectivity index is 1.61. The van der Waals surface area contributed by atoms with Crippen LogP contribution in [0.2, 0.25) is 0 Å². The Labute approximate surface area is 200 Å². The highest BCUT2D eigenvalue weighted by atomic mass is 32.1. The summed E-state index contributed by atoms with van der Waals surface area (Å²) >= 11 is 5.67. The molecule has 1 atom stereocenters. The minimum atomic E-state index is -0.387. The van der Waals surface area contributed by atoms with Crippen LogP contribution in [0.15, 0.2) is 89.1 Å². The minimum absolute atomic E-state index is 0.236. The molecule has 1 aliphatic rings. The molecule has 8 heteroatoms. The molecule has 0 amide bonds. The van der Waals surface area contributed by atoms with Crippen LogP contribution in [0.3, 0.4) is 0 Å². The van der Waals surface area contributed by atoms with E-state index < -0.39 is 0 Å². The predicted octanol–water partition coefficient (Wildman–Crippen LogP) is 5.88. The van der Waals surface area contributed by atoms with Crippen molar-refractivity contribution in [2.24, 2.45) is 0 Å². The summed E-state index contributed by atoms with van der Waals surface area (Å²) in [5.74, 6) is -0.146. The van der Waals surface area contributed by atoms with Crippen LogP contribution in [-0.2, 0) is 6.54 Å². The maximum absolute atomic E-state index is 14.4. The molecule has 1 aromatic heterocycles. The quantitative estimate of drug-likeness (QED) is 0.365. The van der Waals surface area contributed by atoms with Gasteiger partial charge in [0.2, 0.25) is 5.82 Å². The Hall–Kier alpha value is -3.91. The van der Waals surface area contributed by atoms with Gasteiger partial charge < -0.3 is 14.7 Å². The highest BCUT2D eigenvalue weighted by Gasteiger charge is 2.34. The van der Waals surface area contributed by atoms with Crippen LogP contribution in [0.5, 0.6) is 0 Å². The Bertz CT molecular complexity index is 1390. The topological polar surface area (TPSA) is 54.2 Å². The van der Waals surface area contributed by atoms with Gasteiger partial charge in [-0.2, -0.15) is 4.98 Å². The van der Waals surface area contributed by atoms with Gasteiger partial charge in [0.25, 0.3) is 5.89 Å². The second kappa shape index (κ2) is 9.15. The van der Waals surface area contributed by atoms with Gasteiger partial charge in [0, 0.05) is 16.8 Å². The molecule has 5 rings (SSSR count). The lowest BCUT2D eigenvalue weighted by atomic mass is 9.94. The SMILES string of the molecule is CC1=C(c2nc(-c3cccc(F)c3)no2)C(c2ccccc2)NC(=S)N1Cc1ccccc1F. The molecule has 0 aliphatic carbocycles. The summed E-state index contributed by atoms with van der Waals surface area (Å²) in [6, 6.07) is 22.0. The molecule has 0 saturated carbocycles. The Kier molecular flexibility index (Phi) is 5.90. The molecule has 0 radical (unpaired) electrons. The van der Waals surface area contributed by atoms with Crippen molar-refractivity contribution in [3.05, 3.63) is 113 Å². The van der Waals surface area contributed by atoms with E-state index in [1.807, 2.05) is 42.2 Å². The third-order valence-corrected chi connectivity index (χ3v) is 6.09. The molecule has 0 bridgehead atoms. The van der Waals surface area contributed by atoms with E-state index in [0.29, 0.717) is 21.8 Å². The molecule has 34 heavy (non-hydrogen) atoms. The number of allylic oxidation sites excluding steroid dienone is 1. The molecule has 1 N–H and O–H groups in total. The zero-order chi connectivity index (χ0) is 23.7. The number of thiocarbonyl (C=S) groups is 1. The molecule has 1 aliphatic heterocycles. The van der Waals surface area contributed by atoms with Crippen molar-refractivity contribution in [1.29, 1.82) is 0 Å². The summed E-state index contributed by atoms with van der Waals surface area (Å²) in [6.45, 7) is 2.13. The van der Waals surface area contributed by atoms with E-state index in [4.69, 9.17) is 16.7 Å². The van der Waals surface area contributed by atoms with Crippen LogP contribution >= 0.6 is 12.2 Å². The third kappa shape index (κ3) is 4.20. The van der Waals surface area contributed by atoms with Crippen LogP contribution in [-0.4, -0.2) is 20.2 Å². The standard InChI is InChI=1S/C26H20F2N4OS/c1-16-22(25-30-24(31-33-25)18-11-7-12-20(27)14-18)23(17-8-3-2-4-9-17)29-26(34)32(16)15-19-10-5-6-13-21(19)28/h2-14,23H,15H2,1H3,(H,29,34). The lowest BCUT2D eigenvalue weighted by molar-refractivity contribution is 0.395. The lowest BCUT2D eigenvalue weighted by Crippen LogP contribution is -2.45. The Morgan fingerprint density at radius 1 is 1.00 bits per heavy atom. The van der Waals surface area contributed by atoms with E-state index in [1.54, 1.807) is 30.3 Å². The average molecular weight is 475 g/mol. The Morgan fingerprint density at radius 2 is 1.76 bits per heavy atom. The van der Waals surface area contributed by atoms with Gasteiger partial charge in [0.1, 0.15) is 11.6 Å². The maximum Gasteiger partial charge on any atom is 0.258 e. The molecule has 0 fully saturated rings. The molecule has 0 spiro atoms. The van der Waals surface area contributed by atoms with Gasteiger partial charge in [0.05, 0.1) is 18.2 Å². The number of benzene rings is 3. The molecule has 170 valence electrons. The molecule has 5 nitrogen and oxygen atoms in total. The second-order valence-electron chi connectivity index (χ2n) is 7.90. The molecule has 4 aromatic rings. The van der Waals surface area contributed by atoms with E-state index in [9.17, 15) is 8.78 Å². The van der Waals surface area contributed by atoms with E-state index >= 15 is 0 Å². The molecule has 1 unspecified atom stereocenters. The summed E-state index contributed by atoms with van der Waals surface area (Å²) < 4.78 is 33.8. The number of nitrogens with zero attached hydrogens (tertiary/aromatic N) is 3. The van der Waals surface area contributed by atoms with E-state index in [-0.39, 0.29) is 35.9 Å². The molecule has 0 saturated heterocycles. The van der Waals surface area contributed by atoms with Crippen LogP contribution in [0, 0.1) is 11.6 Å². The van der Waals surface area contributed by atoms with Gasteiger partial charge in [0.15, 0.2) is 5.11 Å². The van der Waals surface area contributed by atoms with Gasteiger partial charge in [-0.1, -0.05) is 65.8 Å². The largest absolute Gasteiger partial charge is 0.351 e. The predicted molar refractivity (Wildman–Crippen MR) is 129 cm³/mol. The number of nitrogens with one attached hydrogen (secondary N) is 1. The van der Waals surface area contributed by atoms with Gasteiger partial charge in [-0.3, -0.25) is 0 Å². The fourth-order valence-electron chi connectivity index (χ4n) is 4.02. The molecular formula is C26H20F2N4OS. The normalized spacial score (nSPS) is 16.0. The van der Waals surface area contributed by atoms with E-state index in [1.165, 1.54) is 18.2 Å². The smallest absolute Gasteiger partial charge is 0.258 e. The van der Waals surface area contributed by atoms with Crippen molar-refractivity contribution >= 4 is 22.9 Å². The highest BCUT2D eigenvalue weighted by Crippen LogP contribution is 2.38. The van der Waals surface area contributed by atoms with Gasteiger partial charge in [-0.25, -0.2) is 8.78 Å². The first-order valence-electron chi connectivity index (χ1n) is 10.7. The number of halogens is 2. The minimum Gasteiger partial charge on any atom is -0.351 e. The van der Waals surface area contributed by atoms with Crippen LogP contribution in [0.25, 0.3) is 17.0 Å². The summed E-state index contributed by atoms with van der Waals surface area (Å²) in [7, 11) is 0. The fraction of sp³-hybridized carbons (Fsp3) is 0.115. The average Bonchev–Trinajstić information content (AvgIpc) is 3.33. The van der Waals surface area contributed by atoms with Gasteiger partial charge in [-0.05, 0) is 42.9 Å². The lowest BCUT2D eigenvalue weighted by Gasteiger charge is -2.37. The van der Waals surface area contributed by atoms with Crippen molar-refractivity contribution < 1.29 is 13.3 Å². The summed E-state index contributed by atoms with van der Waals surface area (Å²) in [5.41, 5.74) is 3.44. The summed E-state index contributed by atoms with van der Waals surface area (Å²) in [5, 5.41) is 7.89. The first-order chi connectivity index (χ1) is 16.5. The second-order valence-corrected chi connectivity index (χ2v) is 8.29. The molecular weight excluding hydrogens is 454 g/mol. The van der Waals surface area contributed by atoms with Gasteiger partial charge >= 0.3 is 0 Å². The van der Waals surface area contributed by atoms with Gasteiger partial charge in [-0.15, -0.1) is 0 Å².